The Morgan fingerprint density at radius 3 is 2.63 bits per heavy atom. The largest absolute Gasteiger partial charge is 0.143 e. The van der Waals surface area contributed by atoms with Gasteiger partial charge in [-0.25, -0.2) is 0 Å². The lowest BCUT2D eigenvalue weighted by molar-refractivity contribution is 1.21. The second kappa shape index (κ2) is 5.45. The average Bonchev–Trinajstić information content (AvgIpc) is 2.84. The van der Waals surface area contributed by atoms with Gasteiger partial charge in [0.2, 0.25) is 0 Å². The van der Waals surface area contributed by atoms with Crippen LogP contribution in [0.15, 0.2) is 47.8 Å². The van der Waals surface area contributed by atoms with E-state index in [0.717, 1.165) is 10.6 Å². The molecule has 0 aliphatic carbocycles. The molecule has 0 N–H and O–H groups in total. The van der Waals surface area contributed by atoms with Crippen LogP contribution in [-0.4, -0.2) is 0 Å². The van der Waals surface area contributed by atoms with Gasteiger partial charge in [-0.15, -0.1) is 11.3 Å². The van der Waals surface area contributed by atoms with Crippen molar-refractivity contribution in [2.45, 2.75) is 4.83 Å². The highest BCUT2D eigenvalue weighted by Crippen LogP contribution is 2.41. The van der Waals surface area contributed by atoms with Crippen LogP contribution in [-0.2, 0) is 0 Å². The molecule has 0 fully saturated rings. The highest BCUT2D eigenvalue weighted by molar-refractivity contribution is 9.09. The summed E-state index contributed by atoms with van der Waals surface area (Å²) >= 11 is 17.8. The number of rotatable bonds is 2. The van der Waals surface area contributed by atoms with Crippen LogP contribution in [0.3, 0.4) is 0 Å². The van der Waals surface area contributed by atoms with Gasteiger partial charge in [0.1, 0.15) is 0 Å². The predicted octanol–water partition coefficient (Wildman–Crippen LogP) is 6.69. The Bertz CT molecular complexity index is 736. The minimum Gasteiger partial charge on any atom is -0.143 e. The number of halogens is 3. The molecule has 96 valence electrons. The van der Waals surface area contributed by atoms with Crippen molar-refractivity contribution in [2.75, 3.05) is 0 Å². The molecule has 2 aromatic carbocycles. The van der Waals surface area contributed by atoms with Crippen LogP contribution >= 0.6 is 50.5 Å². The Morgan fingerprint density at radius 1 is 1.00 bits per heavy atom. The van der Waals surface area contributed by atoms with E-state index in [9.17, 15) is 0 Å². The van der Waals surface area contributed by atoms with E-state index in [4.69, 9.17) is 23.2 Å². The number of hydrogen-bond acceptors (Lipinski definition) is 1. The first-order chi connectivity index (χ1) is 9.16. The number of hydrogen-bond donors (Lipinski definition) is 0. The van der Waals surface area contributed by atoms with Gasteiger partial charge in [-0.2, -0.15) is 0 Å². The number of fused-ring (bicyclic) bond motifs is 1. The van der Waals surface area contributed by atoms with Gasteiger partial charge in [-0.1, -0.05) is 57.3 Å². The highest BCUT2D eigenvalue weighted by Gasteiger charge is 2.17. The molecule has 1 heterocycles. The van der Waals surface area contributed by atoms with E-state index in [2.05, 4.69) is 45.6 Å². The third-order valence-electron chi connectivity index (χ3n) is 3.02. The summed E-state index contributed by atoms with van der Waals surface area (Å²) in [6, 6.07) is 13.9. The zero-order valence-electron chi connectivity index (χ0n) is 9.74. The topological polar surface area (TPSA) is 0 Å². The fourth-order valence-corrected chi connectivity index (χ4v) is 4.53. The minimum absolute atomic E-state index is 0.0508. The molecule has 0 amide bonds. The normalized spacial score (nSPS) is 12.8. The maximum atomic E-state index is 6.27. The van der Waals surface area contributed by atoms with Crippen molar-refractivity contribution in [1.29, 1.82) is 0 Å². The van der Waals surface area contributed by atoms with Gasteiger partial charge in [-0.05, 0) is 46.2 Å². The van der Waals surface area contributed by atoms with Crippen LogP contribution in [0.1, 0.15) is 16.0 Å². The molecule has 3 rings (SSSR count). The Labute approximate surface area is 134 Å². The first-order valence-electron chi connectivity index (χ1n) is 5.72. The molecular formula is C15H9BrCl2S. The van der Waals surface area contributed by atoms with Crippen molar-refractivity contribution < 1.29 is 0 Å². The molecule has 1 unspecified atom stereocenters. The molecule has 0 radical (unpaired) electrons. The molecule has 0 saturated carbocycles. The first-order valence-corrected chi connectivity index (χ1v) is 8.27. The smallest absolute Gasteiger partial charge is 0.0673 e. The molecule has 19 heavy (non-hydrogen) atoms. The molecule has 1 atom stereocenters. The van der Waals surface area contributed by atoms with Crippen molar-refractivity contribution in [2.24, 2.45) is 0 Å². The van der Waals surface area contributed by atoms with Gasteiger partial charge in [0.05, 0.1) is 4.83 Å². The second-order valence-corrected chi connectivity index (χ2v) is 6.89. The molecule has 0 aliphatic rings. The van der Waals surface area contributed by atoms with E-state index in [-0.39, 0.29) is 4.83 Å². The number of benzene rings is 2. The summed E-state index contributed by atoms with van der Waals surface area (Å²) < 4.78 is 1.28. The lowest BCUT2D eigenvalue weighted by Gasteiger charge is -2.12. The predicted molar refractivity (Wildman–Crippen MR) is 89.1 cm³/mol. The van der Waals surface area contributed by atoms with Gasteiger partial charge >= 0.3 is 0 Å². The van der Waals surface area contributed by atoms with Gasteiger partial charge in [-0.3, -0.25) is 0 Å². The van der Waals surface area contributed by atoms with E-state index < -0.39 is 0 Å². The van der Waals surface area contributed by atoms with Crippen LogP contribution in [0.2, 0.25) is 10.0 Å². The summed E-state index contributed by atoms with van der Waals surface area (Å²) in [5, 5.41) is 4.84. The Kier molecular flexibility index (Phi) is 3.86. The van der Waals surface area contributed by atoms with E-state index in [0.29, 0.717) is 5.02 Å². The summed E-state index contributed by atoms with van der Waals surface area (Å²) in [5.41, 5.74) is 2.22. The van der Waals surface area contributed by atoms with Crippen molar-refractivity contribution in [3.05, 3.63) is 69.0 Å². The van der Waals surface area contributed by atoms with E-state index in [1.165, 1.54) is 15.6 Å². The van der Waals surface area contributed by atoms with Crippen molar-refractivity contribution in [3.8, 4) is 0 Å². The van der Waals surface area contributed by atoms with Gasteiger partial charge < -0.3 is 0 Å². The maximum absolute atomic E-state index is 6.27. The van der Waals surface area contributed by atoms with Gasteiger partial charge in [0.25, 0.3) is 0 Å². The van der Waals surface area contributed by atoms with Crippen LogP contribution in [0.25, 0.3) is 10.1 Å². The molecule has 1 aromatic heterocycles. The second-order valence-electron chi connectivity index (χ2n) is 4.22. The summed E-state index contributed by atoms with van der Waals surface area (Å²) in [7, 11) is 0. The highest BCUT2D eigenvalue weighted by atomic mass is 79.9. The van der Waals surface area contributed by atoms with Crippen LogP contribution in [0.4, 0.5) is 0 Å². The molecule has 0 bridgehead atoms. The summed E-state index contributed by atoms with van der Waals surface area (Å²) in [5.74, 6) is 0. The molecule has 0 aliphatic heterocycles. The summed E-state index contributed by atoms with van der Waals surface area (Å²) in [6.45, 7) is 0. The van der Waals surface area contributed by atoms with Crippen LogP contribution < -0.4 is 0 Å². The first kappa shape index (κ1) is 13.4. The third kappa shape index (κ3) is 2.55. The average molecular weight is 372 g/mol. The monoisotopic (exact) mass is 370 g/mol. The number of thiophene rings is 1. The van der Waals surface area contributed by atoms with E-state index in [1.807, 2.05) is 12.1 Å². The molecule has 4 heteroatoms. The quantitative estimate of drug-likeness (QED) is 0.440. The third-order valence-corrected chi connectivity index (χ3v) is 5.56. The molecule has 0 nitrogen and oxygen atoms in total. The summed E-state index contributed by atoms with van der Waals surface area (Å²) in [4.78, 5) is 0.0508. The zero-order valence-corrected chi connectivity index (χ0v) is 13.7. The fraction of sp³-hybridized carbons (Fsp3) is 0.0667. The molecular weight excluding hydrogens is 363 g/mol. The van der Waals surface area contributed by atoms with Crippen molar-refractivity contribution in [1.82, 2.24) is 0 Å². The van der Waals surface area contributed by atoms with E-state index in [1.54, 1.807) is 17.4 Å². The lowest BCUT2D eigenvalue weighted by atomic mass is 10.0. The Hall–Kier alpha value is -0.540. The standard InChI is InChI=1S/C15H9BrCl2S/c16-15(11-7-9(17)5-6-13(11)18)12-8-19-14-4-2-1-3-10(12)14/h1-8,15H. The van der Waals surface area contributed by atoms with Crippen molar-refractivity contribution in [3.63, 3.8) is 0 Å². The Balaban J connectivity index is 2.13. The van der Waals surface area contributed by atoms with Gasteiger partial charge in [0, 0.05) is 14.7 Å². The minimum atomic E-state index is 0.0508. The maximum Gasteiger partial charge on any atom is 0.0673 e. The van der Waals surface area contributed by atoms with Crippen molar-refractivity contribution >= 4 is 60.6 Å². The molecule has 0 saturated heterocycles. The molecule has 3 aromatic rings. The number of alkyl halides is 1. The van der Waals surface area contributed by atoms with Crippen LogP contribution in [0.5, 0.6) is 0 Å². The summed E-state index contributed by atoms with van der Waals surface area (Å²) in [6.07, 6.45) is 0. The lowest BCUT2D eigenvalue weighted by Crippen LogP contribution is -1.92. The van der Waals surface area contributed by atoms with Gasteiger partial charge in [0.15, 0.2) is 0 Å². The molecule has 0 spiro atoms. The van der Waals surface area contributed by atoms with Crippen LogP contribution in [0, 0.1) is 0 Å². The zero-order chi connectivity index (χ0) is 13.4. The fourth-order valence-electron chi connectivity index (χ4n) is 2.07. The SMILES string of the molecule is Clc1ccc(Cl)c(C(Br)c2csc3ccccc23)c1. The Morgan fingerprint density at radius 2 is 1.79 bits per heavy atom. The van der Waals surface area contributed by atoms with E-state index >= 15 is 0 Å².